The molecule has 1 saturated carbocycles. The number of carbonyl (C=O) groups excluding carboxylic acids is 1. The van der Waals surface area contributed by atoms with Crippen LogP contribution in [-0.2, 0) is 14.9 Å². The highest BCUT2D eigenvalue weighted by Crippen LogP contribution is 2.44. The first-order valence-electron chi connectivity index (χ1n) is 11.1. The van der Waals surface area contributed by atoms with E-state index in [4.69, 9.17) is 21.1 Å². The van der Waals surface area contributed by atoms with Crippen LogP contribution in [0.5, 0.6) is 5.75 Å². The van der Waals surface area contributed by atoms with Crippen molar-refractivity contribution in [2.75, 3.05) is 26.3 Å². The molecule has 2 heterocycles. The van der Waals surface area contributed by atoms with E-state index in [0.29, 0.717) is 55.0 Å². The first kappa shape index (κ1) is 20.8. The molecular formula is C25H27ClFNO3. The lowest BCUT2D eigenvalue weighted by molar-refractivity contribution is -0.140. The predicted octanol–water partition coefficient (Wildman–Crippen LogP) is 4.84. The molecule has 1 aliphatic carbocycles. The number of amides is 1. The van der Waals surface area contributed by atoms with Crippen molar-refractivity contribution in [1.29, 1.82) is 0 Å². The molecule has 2 aliphatic heterocycles. The number of fused-ring (bicyclic) bond motifs is 1. The van der Waals surface area contributed by atoms with Crippen molar-refractivity contribution in [2.45, 2.75) is 37.2 Å². The van der Waals surface area contributed by atoms with Crippen LogP contribution in [0.25, 0.3) is 0 Å². The third-order valence-corrected chi connectivity index (χ3v) is 7.58. The molecule has 0 aromatic heterocycles. The van der Waals surface area contributed by atoms with E-state index in [9.17, 15) is 9.18 Å². The van der Waals surface area contributed by atoms with Gasteiger partial charge in [0.1, 0.15) is 17.7 Å². The number of nitrogens with zero attached hydrogens (tertiary/aromatic N) is 1. The van der Waals surface area contributed by atoms with Gasteiger partial charge in [-0.2, -0.15) is 0 Å². The highest BCUT2D eigenvalue weighted by Gasteiger charge is 2.51. The van der Waals surface area contributed by atoms with Gasteiger partial charge >= 0.3 is 0 Å². The second kappa shape index (κ2) is 8.44. The monoisotopic (exact) mass is 443 g/mol. The molecule has 5 rings (SSSR count). The molecule has 0 spiro atoms. The number of rotatable bonds is 4. The Morgan fingerprint density at radius 2 is 1.81 bits per heavy atom. The Morgan fingerprint density at radius 3 is 2.55 bits per heavy atom. The zero-order chi connectivity index (χ0) is 21.4. The Hall–Kier alpha value is -2.11. The van der Waals surface area contributed by atoms with Gasteiger partial charge < -0.3 is 14.4 Å². The topological polar surface area (TPSA) is 38.8 Å². The average Bonchev–Trinajstić information content (AvgIpc) is 3.37. The Kier molecular flexibility index (Phi) is 5.65. The lowest BCUT2D eigenvalue weighted by atomic mass is 9.72. The summed E-state index contributed by atoms with van der Waals surface area (Å²) in [5.74, 6) is 1.28. The molecule has 0 radical (unpaired) electrons. The molecule has 0 bridgehead atoms. The molecule has 2 aromatic carbocycles. The summed E-state index contributed by atoms with van der Waals surface area (Å²) in [7, 11) is 0. The van der Waals surface area contributed by atoms with Crippen LogP contribution in [0.4, 0.5) is 4.39 Å². The zero-order valence-electron chi connectivity index (χ0n) is 17.4. The molecule has 3 aliphatic rings. The van der Waals surface area contributed by atoms with Crippen molar-refractivity contribution in [3.8, 4) is 5.75 Å². The van der Waals surface area contributed by atoms with Crippen molar-refractivity contribution in [3.05, 3.63) is 64.9 Å². The maximum absolute atomic E-state index is 14.8. The van der Waals surface area contributed by atoms with Crippen LogP contribution in [0.1, 0.15) is 31.2 Å². The standard InChI is InChI=1S/C25H27ClFNO3/c26-18-6-8-19(9-7-18)31-23-10-5-17-15-28(16-20(17)23)24(29)25(11-13-30-14-12-25)21-3-1-2-4-22(21)27/h1-4,6-9,17,20,23H,5,10-16H2/t17-,20+,23-/m0/s1. The Morgan fingerprint density at radius 1 is 1.06 bits per heavy atom. The SMILES string of the molecule is O=C(N1C[C@@H]2CC[C@H](Oc3ccc(Cl)cc3)[C@@H]2C1)C1(c2ccccc2F)CCOCC1. The summed E-state index contributed by atoms with van der Waals surface area (Å²) in [5, 5.41) is 0.684. The Balaban J connectivity index is 1.35. The molecular weight excluding hydrogens is 417 g/mol. The minimum atomic E-state index is -0.839. The second-order valence-corrected chi connectivity index (χ2v) is 9.43. The number of carbonyl (C=O) groups is 1. The summed E-state index contributed by atoms with van der Waals surface area (Å²) in [6.45, 7) is 2.34. The smallest absolute Gasteiger partial charge is 0.233 e. The molecule has 0 unspecified atom stereocenters. The summed E-state index contributed by atoms with van der Waals surface area (Å²) < 4.78 is 26.6. The summed E-state index contributed by atoms with van der Waals surface area (Å²) in [4.78, 5) is 15.8. The number of ether oxygens (including phenoxy) is 2. The third-order valence-electron chi connectivity index (χ3n) is 7.32. The molecule has 2 saturated heterocycles. The Labute approximate surface area is 187 Å². The lowest BCUT2D eigenvalue weighted by Crippen LogP contribution is -2.50. The van der Waals surface area contributed by atoms with Gasteiger partial charge in [0.25, 0.3) is 0 Å². The van der Waals surface area contributed by atoms with Gasteiger partial charge in [-0.1, -0.05) is 29.8 Å². The van der Waals surface area contributed by atoms with Crippen LogP contribution in [0.15, 0.2) is 48.5 Å². The predicted molar refractivity (Wildman–Crippen MR) is 117 cm³/mol. The summed E-state index contributed by atoms with van der Waals surface area (Å²) in [5.41, 5.74) is -0.330. The lowest BCUT2D eigenvalue weighted by Gasteiger charge is -2.39. The van der Waals surface area contributed by atoms with Gasteiger partial charge in [0.2, 0.25) is 5.91 Å². The van der Waals surface area contributed by atoms with Gasteiger partial charge in [-0.05, 0) is 61.9 Å². The summed E-state index contributed by atoms with van der Waals surface area (Å²) >= 11 is 5.98. The van der Waals surface area contributed by atoms with Gasteiger partial charge in [0.15, 0.2) is 0 Å². The van der Waals surface area contributed by atoms with Crippen molar-refractivity contribution >= 4 is 17.5 Å². The molecule has 2 aromatic rings. The van der Waals surface area contributed by atoms with Crippen molar-refractivity contribution in [3.63, 3.8) is 0 Å². The second-order valence-electron chi connectivity index (χ2n) is 9.00. The van der Waals surface area contributed by atoms with E-state index in [1.807, 2.05) is 35.2 Å². The maximum Gasteiger partial charge on any atom is 0.233 e. The molecule has 3 atom stereocenters. The van der Waals surface area contributed by atoms with Crippen LogP contribution < -0.4 is 4.74 Å². The minimum Gasteiger partial charge on any atom is -0.490 e. The average molecular weight is 444 g/mol. The number of benzene rings is 2. The van der Waals surface area contributed by atoms with Crippen molar-refractivity contribution in [1.82, 2.24) is 4.90 Å². The molecule has 4 nitrogen and oxygen atoms in total. The van der Waals surface area contributed by atoms with E-state index in [0.717, 1.165) is 25.1 Å². The minimum absolute atomic E-state index is 0.0422. The van der Waals surface area contributed by atoms with E-state index in [1.165, 1.54) is 6.07 Å². The normalized spacial score (nSPS) is 27.2. The molecule has 6 heteroatoms. The van der Waals surface area contributed by atoms with E-state index in [-0.39, 0.29) is 17.8 Å². The number of hydrogen-bond donors (Lipinski definition) is 0. The van der Waals surface area contributed by atoms with Crippen molar-refractivity contribution in [2.24, 2.45) is 11.8 Å². The van der Waals surface area contributed by atoms with E-state index < -0.39 is 5.41 Å². The zero-order valence-corrected chi connectivity index (χ0v) is 18.2. The highest BCUT2D eigenvalue weighted by atomic mass is 35.5. The van der Waals surface area contributed by atoms with Gasteiger partial charge in [-0.3, -0.25) is 4.79 Å². The first-order chi connectivity index (χ1) is 15.1. The number of halogens is 2. The maximum atomic E-state index is 14.8. The highest BCUT2D eigenvalue weighted by molar-refractivity contribution is 6.30. The van der Waals surface area contributed by atoms with Crippen LogP contribution in [-0.4, -0.2) is 43.2 Å². The van der Waals surface area contributed by atoms with Gasteiger partial charge in [-0.15, -0.1) is 0 Å². The van der Waals surface area contributed by atoms with E-state index in [2.05, 4.69) is 0 Å². The van der Waals surface area contributed by atoms with E-state index >= 15 is 0 Å². The largest absolute Gasteiger partial charge is 0.490 e. The fourth-order valence-electron chi connectivity index (χ4n) is 5.69. The van der Waals surface area contributed by atoms with Crippen molar-refractivity contribution < 1.29 is 18.7 Å². The van der Waals surface area contributed by atoms with Crippen LogP contribution in [0.2, 0.25) is 5.02 Å². The summed E-state index contributed by atoms with van der Waals surface area (Å²) in [6, 6.07) is 14.2. The molecule has 0 N–H and O–H groups in total. The van der Waals surface area contributed by atoms with Gasteiger partial charge in [0.05, 0.1) is 5.41 Å². The van der Waals surface area contributed by atoms with Crippen LogP contribution in [0.3, 0.4) is 0 Å². The summed E-state index contributed by atoms with van der Waals surface area (Å²) in [6.07, 6.45) is 3.16. The number of hydrogen-bond acceptors (Lipinski definition) is 3. The first-order valence-corrected chi connectivity index (χ1v) is 11.5. The molecule has 31 heavy (non-hydrogen) atoms. The quantitative estimate of drug-likeness (QED) is 0.678. The molecule has 3 fully saturated rings. The van der Waals surface area contributed by atoms with Gasteiger partial charge in [-0.25, -0.2) is 4.39 Å². The van der Waals surface area contributed by atoms with Crippen LogP contribution >= 0.6 is 11.6 Å². The fraction of sp³-hybridized carbons (Fsp3) is 0.480. The van der Waals surface area contributed by atoms with Gasteiger partial charge in [0, 0.05) is 42.8 Å². The molecule has 1 amide bonds. The number of likely N-dealkylation sites (tertiary alicyclic amines) is 1. The Bertz CT molecular complexity index is 944. The van der Waals surface area contributed by atoms with Crippen LogP contribution in [0, 0.1) is 17.7 Å². The third kappa shape index (κ3) is 3.83. The van der Waals surface area contributed by atoms with E-state index in [1.54, 1.807) is 12.1 Å². The molecule has 164 valence electrons. The fourth-order valence-corrected chi connectivity index (χ4v) is 5.81.